The maximum Gasteiger partial charge on any atom is 0.305 e. The van der Waals surface area contributed by atoms with Gasteiger partial charge in [0.2, 0.25) is 5.88 Å². The van der Waals surface area contributed by atoms with Crippen LogP contribution in [0.15, 0.2) is 30.3 Å². The molecule has 0 saturated heterocycles. The number of rotatable bonds is 9. The Morgan fingerprint density at radius 3 is 2.46 bits per heavy atom. The summed E-state index contributed by atoms with van der Waals surface area (Å²) in [5.41, 5.74) is -1.65. The van der Waals surface area contributed by atoms with Crippen LogP contribution in [0.4, 0.5) is 4.39 Å². The minimum atomic E-state index is -1.21. The number of carbonyl (C=O) groups is 2. The van der Waals surface area contributed by atoms with Crippen LogP contribution in [-0.4, -0.2) is 50.1 Å². The van der Waals surface area contributed by atoms with Gasteiger partial charge in [-0.25, -0.2) is 4.39 Å². The van der Waals surface area contributed by atoms with Crippen molar-refractivity contribution in [2.75, 3.05) is 6.61 Å². The molecule has 2 unspecified atom stereocenters. The zero-order valence-electron chi connectivity index (χ0n) is 20.9. The number of hydrogen-bond donors (Lipinski definition) is 3. The highest BCUT2D eigenvalue weighted by Gasteiger charge is 2.37. The molecule has 2 aromatic rings. The zero-order valence-corrected chi connectivity index (χ0v) is 20.9. The Hall–Kier alpha value is -2.94. The van der Waals surface area contributed by atoms with Crippen molar-refractivity contribution >= 4 is 11.9 Å². The first kappa shape index (κ1) is 26.7. The molecule has 1 aliphatic rings. The van der Waals surface area contributed by atoms with Crippen LogP contribution in [0.2, 0.25) is 0 Å². The summed E-state index contributed by atoms with van der Waals surface area (Å²) in [6.07, 6.45) is 4.66. The number of carbonyl (C=O) groups excluding carboxylic acids is 1. The van der Waals surface area contributed by atoms with Crippen LogP contribution in [-0.2, 0) is 4.79 Å². The molecule has 0 radical (unpaired) electrons. The van der Waals surface area contributed by atoms with Crippen LogP contribution in [0.25, 0.3) is 5.69 Å². The molecule has 1 fully saturated rings. The van der Waals surface area contributed by atoms with Crippen LogP contribution >= 0.6 is 0 Å². The Morgan fingerprint density at radius 1 is 1.20 bits per heavy atom. The van der Waals surface area contributed by atoms with E-state index in [4.69, 9.17) is 4.74 Å². The Labute approximate surface area is 205 Å². The van der Waals surface area contributed by atoms with E-state index >= 15 is 0 Å². The molecule has 192 valence electrons. The van der Waals surface area contributed by atoms with Gasteiger partial charge in [0.1, 0.15) is 23.7 Å². The average Bonchev–Trinajstić information content (AvgIpc) is 3.21. The molecule has 0 spiro atoms. The van der Waals surface area contributed by atoms with Gasteiger partial charge in [0, 0.05) is 12.1 Å². The van der Waals surface area contributed by atoms with Crippen molar-refractivity contribution in [3.63, 3.8) is 0 Å². The van der Waals surface area contributed by atoms with Crippen LogP contribution < -0.4 is 10.1 Å². The maximum atomic E-state index is 14.6. The predicted molar refractivity (Wildman–Crippen MR) is 129 cm³/mol. The quantitative estimate of drug-likeness (QED) is 0.483. The van der Waals surface area contributed by atoms with E-state index in [-0.39, 0.29) is 36.2 Å². The third kappa shape index (κ3) is 6.60. The summed E-state index contributed by atoms with van der Waals surface area (Å²) in [5, 5.41) is 27.3. The average molecular weight is 490 g/mol. The van der Waals surface area contributed by atoms with Gasteiger partial charge >= 0.3 is 5.97 Å². The first-order chi connectivity index (χ1) is 16.4. The summed E-state index contributed by atoms with van der Waals surface area (Å²) >= 11 is 0. The molecular weight excluding hydrogens is 453 g/mol. The monoisotopic (exact) mass is 489 g/mol. The number of amides is 1. The number of aromatic nitrogens is 2. The smallest absolute Gasteiger partial charge is 0.305 e. The van der Waals surface area contributed by atoms with E-state index in [1.54, 1.807) is 19.1 Å². The molecule has 0 bridgehead atoms. The predicted octanol–water partition coefficient (Wildman–Crippen LogP) is 4.34. The van der Waals surface area contributed by atoms with Crippen molar-refractivity contribution in [2.45, 2.75) is 77.9 Å². The van der Waals surface area contributed by atoms with E-state index in [0.29, 0.717) is 0 Å². The second-order valence-electron chi connectivity index (χ2n) is 10.6. The standard InChI is InChI=1S/C26H36FN3O5/c1-25(2,3)26(4,34)16-35-22-14-20(29-30(22)21-13-9-8-12-18(21)27)24(33)28-19(15-23(31)32)17-10-6-5-7-11-17/h8-9,12-14,17,19,34H,5-7,10-11,15-16H2,1-4H3,(H,28,33)(H,31,32). The van der Waals surface area contributed by atoms with Crippen molar-refractivity contribution in [3.8, 4) is 11.6 Å². The van der Waals surface area contributed by atoms with Gasteiger partial charge in [-0.3, -0.25) is 9.59 Å². The van der Waals surface area contributed by atoms with Crippen molar-refractivity contribution < 1.29 is 28.9 Å². The number of halogens is 1. The van der Waals surface area contributed by atoms with Gasteiger partial charge in [-0.05, 0) is 43.2 Å². The van der Waals surface area contributed by atoms with Crippen LogP contribution in [0.5, 0.6) is 5.88 Å². The SMILES string of the molecule is CC(C)(C)C(C)(O)COc1cc(C(=O)NC(CC(=O)O)C2CCCCC2)nn1-c1ccccc1F. The van der Waals surface area contributed by atoms with E-state index in [9.17, 15) is 24.2 Å². The second-order valence-corrected chi connectivity index (χ2v) is 10.6. The number of hydrogen-bond acceptors (Lipinski definition) is 5. The highest BCUT2D eigenvalue weighted by atomic mass is 19.1. The molecule has 3 N–H and O–H groups in total. The van der Waals surface area contributed by atoms with Gasteiger partial charge in [0.25, 0.3) is 5.91 Å². The number of para-hydroxylation sites is 1. The summed E-state index contributed by atoms with van der Waals surface area (Å²) in [6, 6.07) is 6.83. The molecule has 2 atom stereocenters. The molecule has 1 aromatic heterocycles. The number of carboxylic acid groups (broad SMARTS) is 1. The summed E-state index contributed by atoms with van der Waals surface area (Å²) < 4.78 is 21.6. The molecule has 1 aliphatic carbocycles. The lowest BCUT2D eigenvalue weighted by molar-refractivity contribution is -0.137. The number of nitrogens with one attached hydrogen (secondary N) is 1. The molecular formula is C26H36FN3O5. The number of ether oxygens (including phenoxy) is 1. The van der Waals surface area contributed by atoms with E-state index in [0.717, 1.165) is 32.1 Å². The van der Waals surface area contributed by atoms with E-state index < -0.39 is 34.8 Å². The minimum absolute atomic E-state index is 0.0233. The molecule has 1 aromatic carbocycles. The van der Waals surface area contributed by atoms with E-state index in [1.165, 1.54) is 22.9 Å². The first-order valence-electron chi connectivity index (χ1n) is 12.1. The van der Waals surface area contributed by atoms with Crippen molar-refractivity contribution in [1.29, 1.82) is 0 Å². The Kier molecular flexibility index (Phi) is 8.20. The zero-order chi connectivity index (χ0) is 25.8. The lowest BCUT2D eigenvalue weighted by atomic mass is 9.78. The van der Waals surface area contributed by atoms with Crippen LogP contribution in [0.1, 0.15) is 76.7 Å². The van der Waals surface area contributed by atoms with Gasteiger partial charge in [0.05, 0.1) is 6.42 Å². The van der Waals surface area contributed by atoms with E-state index in [2.05, 4.69) is 10.4 Å². The third-order valence-corrected chi connectivity index (χ3v) is 7.04. The fraction of sp³-hybridized carbons (Fsp3) is 0.577. The third-order valence-electron chi connectivity index (χ3n) is 7.04. The molecule has 8 nitrogen and oxygen atoms in total. The molecule has 1 amide bonds. The second kappa shape index (κ2) is 10.8. The molecule has 9 heteroatoms. The maximum absolute atomic E-state index is 14.6. The molecule has 3 rings (SSSR count). The summed E-state index contributed by atoms with van der Waals surface area (Å²) in [4.78, 5) is 24.6. The first-order valence-corrected chi connectivity index (χ1v) is 12.1. The summed E-state index contributed by atoms with van der Waals surface area (Å²) in [6.45, 7) is 7.15. The van der Waals surface area contributed by atoms with Gasteiger partial charge in [-0.1, -0.05) is 52.2 Å². The number of carboxylic acids is 1. The van der Waals surface area contributed by atoms with Gasteiger partial charge in [0.15, 0.2) is 5.69 Å². The largest absolute Gasteiger partial charge is 0.481 e. The van der Waals surface area contributed by atoms with E-state index in [1.807, 2.05) is 20.8 Å². The van der Waals surface area contributed by atoms with Crippen molar-refractivity contribution in [1.82, 2.24) is 15.1 Å². The summed E-state index contributed by atoms with van der Waals surface area (Å²) in [5.74, 6) is -1.91. The Balaban J connectivity index is 1.89. The number of aliphatic hydroxyl groups is 1. The highest BCUT2D eigenvalue weighted by Crippen LogP contribution is 2.32. The number of aliphatic carboxylic acids is 1. The Morgan fingerprint density at radius 2 is 1.86 bits per heavy atom. The van der Waals surface area contributed by atoms with Gasteiger partial charge in [-0.15, -0.1) is 0 Å². The van der Waals surface area contributed by atoms with Gasteiger partial charge in [-0.2, -0.15) is 9.78 Å². The molecule has 1 saturated carbocycles. The lowest BCUT2D eigenvalue weighted by Gasteiger charge is -2.36. The minimum Gasteiger partial charge on any atom is -0.481 e. The fourth-order valence-electron chi connectivity index (χ4n) is 4.11. The number of nitrogens with zero attached hydrogens (tertiary/aromatic N) is 2. The normalized spacial score (nSPS) is 17.4. The summed E-state index contributed by atoms with van der Waals surface area (Å²) in [7, 11) is 0. The highest BCUT2D eigenvalue weighted by molar-refractivity contribution is 5.93. The van der Waals surface area contributed by atoms with Crippen molar-refractivity contribution in [3.05, 3.63) is 41.8 Å². The lowest BCUT2D eigenvalue weighted by Crippen LogP contribution is -2.45. The molecule has 0 aliphatic heterocycles. The van der Waals surface area contributed by atoms with Crippen LogP contribution in [0, 0.1) is 17.2 Å². The van der Waals surface area contributed by atoms with Crippen molar-refractivity contribution in [2.24, 2.45) is 11.3 Å². The number of benzene rings is 1. The molecule has 35 heavy (non-hydrogen) atoms. The van der Waals surface area contributed by atoms with Crippen LogP contribution in [0.3, 0.4) is 0 Å². The molecule has 1 heterocycles. The fourth-order valence-corrected chi connectivity index (χ4v) is 4.11. The Bertz CT molecular complexity index is 1040. The topological polar surface area (TPSA) is 114 Å². The van der Waals surface area contributed by atoms with Gasteiger partial charge < -0.3 is 20.3 Å².